The largest absolute Gasteiger partial charge is 0.393 e. The minimum Gasteiger partial charge on any atom is -0.393 e. The van der Waals surface area contributed by atoms with Gasteiger partial charge in [0.25, 0.3) is 0 Å². The number of nitrogens with zero attached hydrogens (tertiary/aromatic N) is 2. The highest BCUT2D eigenvalue weighted by Gasteiger charge is 2.19. The van der Waals surface area contributed by atoms with E-state index in [2.05, 4.69) is 22.8 Å². The van der Waals surface area contributed by atoms with Crippen molar-refractivity contribution in [2.45, 2.75) is 38.6 Å². The van der Waals surface area contributed by atoms with Gasteiger partial charge in [0.15, 0.2) is 0 Å². The first-order valence-electron chi connectivity index (χ1n) is 6.96. The van der Waals surface area contributed by atoms with Crippen LogP contribution in [-0.4, -0.2) is 14.5 Å². The Hall–Kier alpha value is -1.42. The van der Waals surface area contributed by atoms with Gasteiger partial charge < -0.3 is 10.3 Å². The molecule has 100 valence electrons. The summed E-state index contributed by atoms with van der Waals surface area (Å²) in [5, 5.41) is 0. The second-order valence-corrected chi connectivity index (χ2v) is 5.95. The van der Waals surface area contributed by atoms with Crippen molar-refractivity contribution in [3.8, 4) is 0 Å². The van der Waals surface area contributed by atoms with Gasteiger partial charge in [-0.25, -0.2) is 4.98 Å². The summed E-state index contributed by atoms with van der Waals surface area (Å²) in [5.74, 6) is 1.79. The fourth-order valence-electron chi connectivity index (χ4n) is 3.07. The molecule has 0 unspecified atom stereocenters. The van der Waals surface area contributed by atoms with Gasteiger partial charge in [0.2, 0.25) is 0 Å². The molecule has 4 heteroatoms. The van der Waals surface area contributed by atoms with Gasteiger partial charge in [0.05, 0.1) is 22.4 Å². The summed E-state index contributed by atoms with van der Waals surface area (Å²) in [7, 11) is 0. The lowest BCUT2D eigenvalue weighted by Gasteiger charge is -2.14. The van der Waals surface area contributed by atoms with E-state index in [9.17, 15) is 0 Å². The summed E-state index contributed by atoms with van der Waals surface area (Å²) < 4.78 is 2.32. The van der Waals surface area contributed by atoms with Crippen LogP contribution in [0.1, 0.15) is 31.5 Å². The highest BCUT2D eigenvalue weighted by Crippen LogP contribution is 2.28. The van der Waals surface area contributed by atoms with E-state index in [-0.39, 0.29) is 0 Å². The topological polar surface area (TPSA) is 43.8 Å². The summed E-state index contributed by atoms with van der Waals surface area (Å²) in [6, 6.07) is 8.30. The van der Waals surface area contributed by atoms with Gasteiger partial charge in [-0.1, -0.05) is 37.2 Å². The molecule has 0 radical (unpaired) electrons. The van der Waals surface area contributed by atoms with Crippen molar-refractivity contribution in [2.24, 2.45) is 11.7 Å². The number of fused-ring (bicyclic) bond motifs is 1. The number of rotatable bonds is 4. The number of hydrogen-bond acceptors (Lipinski definition) is 2. The van der Waals surface area contributed by atoms with Crippen LogP contribution in [0.4, 0.5) is 0 Å². The molecule has 3 nitrogen and oxygen atoms in total. The quantitative estimate of drug-likeness (QED) is 0.871. The highest BCUT2D eigenvalue weighted by atomic mass is 32.1. The molecule has 2 N–H and O–H groups in total. The molecule has 19 heavy (non-hydrogen) atoms. The van der Waals surface area contributed by atoms with Gasteiger partial charge in [-0.15, -0.1) is 0 Å². The van der Waals surface area contributed by atoms with E-state index in [0.29, 0.717) is 11.4 Å². The van der Waals surface area contributed by atoms with Crippen molar-refractivity contribution in [3.63, 3.8) is 0 Å². The lowest BCUT2D eigenvalue weighted by Crippen LogP contribution is -2.17. The zero-order chi connectivity index (χ0) is 13.2. The van der Waals surface area contributed by atoms with Crippen molar-refractivity contribution in [1.82, 2.24) is 9.55 Å². The first kappa shape index (κ1) is 12.6. The molecule has 1 fully saturated rings. The van der Waals surface area contributed by atoms with Crippen LogP contribution in [0.25, 0.3) is 11.0 Å². The second-order valence-electron chi connectivity index (χ2n) is 5.42. The molecule has 0 aliphatic heterocycles. The average molecular weight is 273 g/mol. The number of aromatic nitrogens is 2. The SMILES string of the molecule is NC(=S)Cc1nc2ccccc2n1CC1CCCC1. The minimum atomic E-state index is 0.517. The lowest BCUT2D eigenvalue weighted by atomic mass is 10.1. The summed E-state index contributed by atoms with van der Waals surface area (Å²) in [6.07, 6.45) is 5.98. The molecule has 1 aliphatic rings. The summed E-state index contributed by atoms with van der Waals surface area (Å²) in [6.45, 7) is 1.05. The Balaban J connectivity index is 1.99. The van der Waals surface area contributed by atoms with Crippen LogP contribution < -0.4 is 5.73 Å². The van der Waals surface area contributed by atoms with Crippen LogP contribution >= 0.6 is 12.2 Å². The number of nitrogens with two attached hydrogens (primary N) is 1. The zero-order valence-electron chi connectivity index (χ0n) is 11.0. The maximum absolute atomic E-state index is 5.70. The fourth-order valence-corrected chi connectivity index (χ4v) is 3.20. The zero-order valence-corrected chi connectivity index (χ0v) is 11.8. The molecule has 1 heterocycles. The van der Waals surface area contributed by atoms with E-state index in [4.69, 9.17) is 22.9 Å². The Morgan fingerprint density at radius 2 is 2.05 bits per heavy atom. The van der Waals surface area contributed by atoms with Gasteiger partial charge in [-0.05, 0) is 30.9 Å². The van der Waals surface area contributed by atoms with Crippen LogP contribution in [0.2, 0.25) is 0 Å². The molecule has 1 aromatic carbocycles. The third-order valence-electron chi connectivity index (χ3n) is 3.98. The molecule has 1 saturated carbocycles. The Morgan fingerprint density at radius 1 is 1.32 bits per heavy atom. The highest BCUT2D eigenvalue weighted by molar-refractivity contribution is 7.80. The molecular weight excluding hydrogens is 254 g/mol. The molecule has 2 aromatic rings. The van der Waals surface area contributed by atoms with E-state index in [1.807, 2.05) is 6.07 Å². The van der Waals surface area contributed by atoms with Gasteiger partial charge in [0.1, 0.15) is 5.82 Å². The van der Waals surface area contributed by atoms with Crippen molar-refractivity contribution in [1.29, 1.82) is 0 Å². The normalized spacial score (nSPS) is 16.2. The summed E-state index contributed by atoms with van der Waals surface area (Å²) in [4.78, 5) is 5.21. The molecule has 0 amide bonds. The molecule has 1 aromatic heterocycles. The second kappa shape index (κ2) is 5.29. The van der Waals surface area contributed by atoms with E-state index in [1.54, 1.807) is 0 Å². The van der Waals surface area contributed by atoms with E-state index in [0.717, 1.165) is 23.8 Å². The van der Waals surface area contributed by atoms with Gasteiger partial charge in [-0.2, -0.15) is 0 Å². The molecular formula is C15H19N3S. The fraction of sp³-hybridized carbons (Fsp3) is 0.467. The van der Waals surface area contributed by atoms with Gasteiger partial charge in [0, 0.05) is 6.54 Å². The minimum absolute atomic E-state index is 0.517. The third-order valence-corrected chi connectivity index (χ3v) is 4.13. The molecule has 0 atom stereocenters. The number of thiocarbonyl (C=S) groups is 1. The van der Waals surface area contributed by atoms with Crippen molar-refractivity contribution in [2.75, 3.05) is 0 Å². The standard InChI is InChI=1S/C15H19N3S/c16-14(19)9-15-17-12-7-3-4-8-13(12)18(15)10-11-5-1-2-6-11/h3-4,7-8,11H,1-2,5-6,9-10H2,(H2,16,19). The van der Waals surface area contributed by atoms with Crippen LogP contribution in [0.15, 0.2) is 24.3 Å². The maximum atomic E-state index is 5.70. The summed E-state index contributed by atoms with van der Waals surface area (Å²) >= 11 is 5.05. The van der Waals surface area contributed by atoms with Crippen molar-refractivity contribution < 1.29 is 0 Å². The smallest absolute Gasteiger partial charge is 0.116 e. The maximum Gasteiger partial charge on any atom is 0.116 e. The first-order chi connectivity index (χ1) is 9.24. The van der Waals surface area contributed by atoms with Gasteiger partial charge in [-0.3, -0.25) is 0 Å². The predicted octanol–water partition coefficient (Wildman–Crippen LogP) is 3.06. The predicted molar refractivity (Wildman–Crippen MR) is 82.2 cm³/mol. The molecule has 1 aliphatic carbocycles. The van der Waals surface area contributed by atoms with Crippen molar-refractivity contribution >= 4 is 28.2 Å². The van der Waals surface area contributed by atoms with Crippen molar-refractivity contribution in [3.05, 3.63) is 30.1 Å². The third kappa shape index (κ3) is 2.63. The van der Waals surface area contributed by atoms with Crippen LogP contribution in [-0.2, 0) is 13.0 Å². The Bertz CT molecular complexity index is 596. The van der Waals surface area contributed by atoms with Gasteiger partial charge >= 0.3 is 0 Å². The Morgan fingerprint density at radius 3 is 2.79 bits per heavy atom. The molecule has 0 saturated heterocycles. The summed E-state index contributed by atoms with van der Waals surface area (Å²) in [5.41, 5.74) is 7.96. The van der Waals surface area contributed by atoms with Crippen LogP contribution in [0, 0.1) is 5.92 Å². The number of hydrogen-bond donors (Lipinski definition) is 1. The van der Waals surface area contributed by atoms with Crippen LogP contribution in [0.5, 0.6) is 0 Å². The Kier molecular flexibility index (Phi) is 3.51. The number of imidazole rings is 1. The Labute approximate surface area is 118 Å². The van der Waals surface area contributed by atoms with E-state index >= 15 is 0 Å². The van der Waals surface area contributed by atoms with Crippen LogP contribution in [0.3, 0.4) is 0 Å². The average Bonchev–Trinajstić information content (AvgIpc) is 2.99. The number of benzene rings is 1. The number of para-hydroxylation sites is 2. The van der Waals surface area contributed by atoms with E-state index < -0.39 is 0 Å². The molecule has 0 spiro atoms. The van der Waals surface area contributed by atoms with E-state index in [1.165, 1.54) is 31.2 Å². The lowest BCUT2D eigenvalue weighted by molar-refractivity contribution is 0.457. The molecule has 3 rings (SSSR count). The molecule has 0 bridgehead atoms. The first-order valence-corrected chi connectivity index (χ1v) is 7.37. The monoisotopic (exact) mass is 273 g/mol.